The van der Waals surface area contributed by atoms with Gasteiger partial charge in [-0.25, -0.2) is 9.97 Å². The lowest BCUT2D eigenvalue weighted by Gasteiger charge is -2.00. The molecule has 0 aliphatic carbocycles. The van der Waals surface area contributed by atoms with Crippen LogP contribution in [0.25, 0.3) is 0 Å². The van der Waals surface area contributed by atoms with Crippen LogP contribution in [0.1, 0.15) is 12.6 Å². The van der Waals surface area contributed by atoms with Crippen LogP contribution < -0.4 is 20.6 Å². The maximum Gasteiger partial charge on any atom is 0.296 e. The molecule has 9 heteroatoms. The molecule has 0 atom stereocenters. The number of nitrogens with zero attached hydrogens (tertiary/aromatic N) is 2. The van der Waals surface area contributed by atoms with Gasteiger partial charge >= 0.3 is 0 Å². The van der Waals surface area contributed by atoms with Crippen LogP contribution >= 0.6 is 0 Å². The fourth-order valence-electron chi connectivity index (χ4n) is 1.22. The highest BCUT2D eigenvalue weighted by Crippen LogP contribution is 1.97. The fourth-order valence-corrected chi connectivity index (χ4v) is 1.22. The van der Waals surface area contributed by atoms with E-state index in [1.165, 1.54) is 13.2 Å². The number of ether oxygens (including phenoxy) is 2. The Morgan fingerprint density at radius 1 is 1.29 bits per heavy atom. The highest BCUT2D eigenvalue weighted by Gasteiger charge is 1.98. The summed E-state index contributed by atoms with van der Waals surface area (Å²) in [7, 11) is 1.33. The third kappa shape index (κ3) is 5.43. The lowest BCUT2D eigenvalue weighted by Crippen LogP contribution is -2.12. The van der Waals surface area contributed by atoms with Gasteiger partial charge in [-0.05, 0) is 13.8 Å². The van der Waals surface area contributed by atoms with Gasteiger partial charge in [-0.15, -0.1) is 0 Å². The summed E-state index contributed by atoms with van der Waals surface area (Å²) in [6.07, 6.45) is 0.803. The minimum absolute atomic E-state index is 0.00593. The number of H-pyrrole nitrogens is 2. The molecule has 0 bridgehead atoms. The fraction of sp³-hybridized carbons (Fsp3) is 0.333. The molecular weight excluding hydrogens is 283 g/mol. The Hall–Kier alpha value is -2.71. The van der Waals surface area contributed by atoms with Gasteiger partial charge in [0.1, 0.15) is 0 Å². The van der Waals surface area contributed by atoms with Crippen molar-refractivity contribution in [1.29, 1.82) is 0 Å². The number of hydrogen-bond donors (Lipinski definition) is 2. The van der Waals surface area contributed by atoms with Gasteiger partial charge in [0.2, 0.25) is 5.82 Å². The molecule has 0 saturated carbocycles. The molecule has 0 radical (unpaired) electrons. The maximum absolute atomic E-state index is 12.2. The molecule has 0 aliphatic heterocycles. The molecule has 0 unspecified atom stereocenters. The van der Waals surface area contributed by atoms with Crippen molar-refractivity contribution in [3.05, 3.63) is 44.5 Å². The molecule has 2 N–H and O–H groups in total. The molecule has 0 aliphatic rings. The van der Waals surface area contributed by atoms with Gasteiger partial charge in [0.15, 0.2) is 0 Å². The molecule has 0 fully saturated rings. The molecule has 2 heterocycles. The molecule has 0 saturated heterocycles. The summed E-state index contributed by atoms with van der Waals surface area (Å²) in [5.74, 6) is -0.916. The van der Waals surface area contributed by atoms with E-state index in [9.17, 15) is 14.0 Å². The summed E-state index contributed by atoms with van der Waals surface area (Å²) in [5.41, 5.74) is -0.343. The molecule has 0 aromatic carbocycles. The van der Waals surface area contributed by atoms with Crippen molar-refractivity contribution >= 4 is 0 Å². The van der Waals surface area contributed by atoms with Gasteiger partial charge in [-0.3, -0.25) is 19.6 Å². The predicted octanol–water partition coefficient (Wildman–Crippen LogP) is 0.395. The van der Waals surface area contributed by atoms with Crippen LogP contribution in [0.4, 0.5) is 4.39 Å². The summed E-state index contributed by atoms with van der Waals surface area (Å²) < 4.78 is 21.7. The van der Waals surface area contributed by atoms with Crippen LogP contribution in [-0.4, -0.2) is 33.7 Å². The lowest BCUT2D eigenvalue weighted by atomic mass is 10.5. The molecule has 21 heavy (non-hydrogen) atoms. The predicted molar refractivity (Wildman–Crippen MR) is 72.1 cm³/mol. The number of methoxy groups -OCH3 is 1. The van der Waals surface area contributed by atoms with Crippen molar-refractivity contribution in [2.75, 3.05) is 13.7 Å². The summed E-state index contributed by atoms with van der Waals surface area (Å²) >= 11 is 0. The van der Waals surface area contributed by atoms with E-state index >= 15 is 0 Å². The molecule has 0 spiro atoms. The summed E-state index contributed by atoms with van der Waals surface area (Å²) in [5, 5.41) is 0. The number of aromatic amines is 2. The van der Waals surface area contributed by atoms with Crippen molar-refractivity contribution in [2.24, 2.45) is 0 Å². The van der Waals surface area contributed by atoms with Crippen molar-refractivity contribution < 1.29 is 13.9 Å². The van der Waals surface area contributed by atoms with Crippen molar-refractivity contribution in [3.8, 4) is 12.0 Å². The first kappa shape index (κ1) is 16.3. The number of nitrogens with one attached hydrogen (secondary N) is 2. The molecule has 2 aromatic rings. The van der Waals surface area contributed by atoms with E-state index in [2.05, 4.69) is 24.7 Å². The second-order valence-corrected chi connectivity index (χ2v) is 3.69. The first-order valence-corrected chi connectivity index (χ1v) is 5.95. The Labute approximate surface area is 119 Å². The molecule has 2 aromatic heterocycles. The zero-order valence-electron chi connectivity index (χ0n) is 11.8. The SMILES string of the molecule is CCOc1nc(C)cc(=O)[nH]1.COc1ncc(F)c(=O)[nH]1. The highest BCUT2D eigenvalue weighted by molar-refractivity contribution is 5.03. The Morgan fingerprint density at radius 3 is 2.52 bits per heavy atom. The van der Waals surface area contributed by atoms with Crippen molar-refractivity contribution in [2.45, 2.75) is 13.8 Å². The summed E-state index contributed by atoms with van der Waals surface area (Å²) in [6, 6.07) is 1.71. The lowest BCUT2D eigenvalue weighted by molar-refractivity contribution is 0.310. The smallest absolute Gasteiger partial charge is 0.296 e. The van der Waals surface area contributed by atoms with E-state index in [-0.39, 0.29) is 17.6 Å². The average Bonchev–Trinajstić information content (AvgIpc) is 2.42. The van der Waals surface area contributed by atoms with E-state index in [1.54, 1.807) is 6.92 Å². The average molecular weight is 298 g/mol. The Kier molecular flexibility index (Phi) is 6.05. The monoisotopic (exact) mass is 298 g/mol. The van der Waals surface area contributed by atoms with E-state index in [1.807, 2.05) is 6.92 Å². The Bertz CT molecular complexity index is 698. The largest absolute Gasteiger partial charge is 0.468 e. The number of aryl methyl sites for hydroxylation is 1. The summed E-state index contributed by atoms with van der Waals surface area (Å²) in [4.78, 5) is 33.1. The second-order valence-electron chi connectivity index (χ2n) is 3.69. The topological polar surface area (TPSA) is 110 Å². The maximum atomic E-state index is 12.2. The normalized spacial score (nSPS) is 9.52. The molecule has 2 rings (SSSR count). The third-order valence-corrected chi connectivity index (χ3v) is 2.05. The van der Waals surface area contributed by atoms with Crippen LogP contribution in [0.2, 0.25) is 0 Å². The van der Waals surface area contributed by atoms with Crippen LogP contribution in [0.15, 0.2) is 21.9 Å². The van der Waals surface area contributed by atoms with E-state index in [0.29, 0.717) is 12.3 Å². The van der Waals surface area contributed by atoms with E-state index in [4.69, 9.17) is 4.74 Å². The van der Waals surface area contributed by atoms with Gasteiger partial charge in [0.05, 0.1) is 19.9 Å². The molecule has 8 nitrogen and oxygen atoms in total. The number of rotatable bonds is 3. The zero-order valence-corrected chi connectivity index (χ0v) is 11.8. The standard InChI is InChI=1S/C7H10N2O2.C5H5FN2O2/c1-3-11-7-8-5(2)4-6(10)9-7;1-10-5-7-2-3(6)4(9)8-5/h4H,3H2,1-2H3,(H,8,9,10);2H,1H3,(H,7,8,9). The van der Waals surface area contributed by atoms with Gasteiger partial charge < -0.3 is 9.47 Å². The third-order valence-electron chi connectivity index (χ3n) is 2.05. The van der Waals surface area contributed by atoms with Crippen LogP contribution in [0, 0.1) is 12.7 Å². The van der Waals surface area contributed by atoms with Gasteiger partial charge in [-0.1, -0.05) is 0 Å². The number of halogens is 1. The highest BCUT2D eigenvalue weighted by atomic mass is 19.1. The first-order valence-electron chi connectivity index (χ1n) is 5.95. The minimum atomic E-state index is -0.916. The van der Waals surface area contributed by atoms with Crippen LogP contribution in [-0.2, 0) is 0 Å². The van der Waals surface area contributed by atoms with Crippen molar-refractivity contribution in [1.82, 2.24) is 19.9 Å². The molecular formula is C12H15FN4O4. The number of hydrogen-bond acceptors (Lipinski definition) is 6. The number of aromatic nitrogens is 4. The van der Waals surface area contributed by atoms with Crippen LogP contribution in [0.3, 0.4) is 0 Å². The van der Waals surface area contributed by atoms with Gasteiger partial charge in [-0.2, -0.15) is 4.39 Å². The Balaban J connectivity index is 0.000000211. The Morgan fingerprint density at radius 2 is 2.00 bits per heavy atom. The quantitative estimate of drug-likeness (QED) is 0.848. The first-order chi connectivity index (χ1) is 9.96. The van der Waals surface area contributed by atoms with Gasteiger partial charge in [0, 0.05) is 11.8 Å². The van der Waals surface area contributed by atoms with Gasteiger partial charge in [0.25, 0.3) is 23.1 Å². The minimum Gasteiger partial charge on any atom is -0.468 e. The van der Waals surface area contributed by atoms with Crippen LogP contribution in [0.5, 0.6) is 12.0 Å². The van der Waals surface area contributed by atoms with E-state index in [0.717, 1.165) is 6.20 Å². The summed E-state index contributed by atoms with van der Waals surface area (Å²) in [6.45, 7) is 4.09. The molecule has 114 valence electrons. The van der Waals surface area contributed by atoms with Crippen molar-refractivity contribution in [3.63, 3.8) is 0 Å². The zero-order chi connectivity index (χ0) is 15.8. The molecule has 0 amide bonds. The second kappa shape index (κ2) is 7.78. The van der Waals surface area contributed by atoms with E-state index < -0.39 is 11.4 Å².